The van der Waals surface area contributed by atoms with E-state index in [2.05, 4.69) is 20.7 Å². The number of fused-ring (bicyclic) bond motifs is 1. The molecule has 2 heterocycles. The second-order valence-corrected chi connectivity index (χ2v) is 7.61. The molecule has 4 rings (SSSR count). The molecule has 0 fully saturated rings. The normalized spacial score (nSPS) is 17.6. The van der Waals surface area contributed by atoms with Gasteiger partial charge in [0, 0.05) is 29.6 Å². The van der Waals surface area contributed by atoms with E-state index in [0.29, 0.717) is 30.0 Å². The van der Waals surface area contributed by atoms with Gasteiger partial charge >= 0.3 is 12.4 Å². The summed E-state index contributed by atoms with van der Waals surface area (Å²) in [6.45, 7) is 2.17. The van der Waals surface area contributed by atoms with Crippen molar-refractivity contribution in [3.05, 3.63) is 77.5 Å². The number of hydrogen-bond acceptors (Lipinski definition) is 5. The molecule has 0 spiro atoms. The summed E-state index contributed by atoms with van der Waals surface area (Å²) in [5, 5.41) is 9.17. The number of halogens is 3. The van der Waals surface area contributed by atoms with Gasteiger partial charge in [-0.1, -0.05) is 24.3 Å². The first-order chi connectivity index (χ1) is 15.8. The molecule has 5 N–H and O–H groups in total. The molecule has 2 aliphatic heterocycles. The first kappa shape index (κ1) is 22.7. The fourth-order valence-corrected chi connectivity index (χ4v) is 3.65. The second kappa shape index (κ2) is 9.55. The number of rotatable bonds is 8. The number of nitrogens with zero attached hydrogens (tertiary/aromatic N) is 1. The number of para-hydroxylation sites is 1. The Hall–Kier alpha value is -3.50. The third-order valence-electron chi connectivity index (χ3n) is 5.21. The van der Waals surface area contributed by atoms with Crippen LogP contribution in [0.1, 0.15) is 17.5 Å². The molecule has 2 aliphatic rings. The third-order valence-corrected chi connectivity index (χ3v) is 5.21. The molecule has 0 radical (unpaired) electrons. The monoisotopic (exact) mass is 459 g/mol. The van der Waals surface area contributed by atoms with Crippen LogP contribution in [-0.4, -0.2) is 31.6 Å². The standard InChI is InChI=1S/C23H24F3N5O2/c24-23(25,26)33-20-5-2-1-4-18(20)19-12-16-14-31(22(32)30-21(16)29-19)17-8-6-15(7-9-17)13-28-11-3-10-27/h1-2,4-9,12,14,21,28-29H,3,10-11,13,27H2,(H,30,32). The Morgan fingerprint density at radius 2 is 1.85 bits per heavy atom. The molecule has 0 aliphatic carbocycles. The van der Waals surface area contributed by atoms with Crippen molar-refractivity contribution in [3.8, 4) is 5.75 Å². The van der Waals surface area contributed by atoms with Crippen molar-refractivity contribution in [2.24, 2.45) is 5.73 Å². The summed E-state index contributed by atoms with van der Waals surface area (Å²) >= 11 is 0. The maximum absolute atomic E-state index is 12.8. The summed E-state index contributed by atoms with van der Waals surface area (Å²) in [7, 11) is 0. The molecule has 0 bridgehead atoms. The molecule has 2 aromatic rings. The van der Waals surface area contributed by atoms with Crippen LogP contribution in [0.25, 0.3) is 5.70 Å². The summed E-state index contributed by atoms with van der Waals surface area (Å²) in [4.78, 5) is 14.1. The van der Waals surface area contributed by atoms with Crippen molar-refractivity contribution in [2.45, 2.75) is 25.5 Å². The first-order valence-electron chi connectivity index (χ1n) is 10.5. The highest BCUT2D eigenvalue weighted by molar-refractivity contribution is 5.96. The number of hydrogen-bond donors (Lipinski definition) is 4. The third kappa shape index (κ3) is 5.47. The van der Waals surface area contributed by atoms with Crippen molar-refractivity contribution >= 4 is 17.4 Å². The summed E-state index contributed by atoms with van der Waals surface area (Å²) in [5.74, 6) is -0.318. The summed E-state index contributed by atoms with van der Waals surface area (Å²) < 4.78 is 42.5. The number of alkyl halides is 3. The van der Waals surface area contributed by atoms with Crippen LogP contribution in [-0.2, 0) is 6.54 Å². The lowest BCUT2D eigenvalue weighted by molar-refractivity contribution is -0.274. The van der Waals surface area contributed by atoms with Crippen LogP contribution >= 0.6 is 0 Å². The Kier molecular flexibility index (Phi) is 6.57. The number of ether oxygens (including phenoxy) is 1. The highest BCUT2D eigenvalue weighted by Crippen LogP contribution is 2.34. The van der Waals surface area contributed by atoms with Crippen molar-refractivity contribution < 1.29 is 22.7 Å². The highest BCUT2D eigenvalue weighted by atomic mass is 19.4. The van der Waals surface area contributed by atoms with E-state index in [4.69, 9.17) is 5.73 Å². The Labute approximate surface area is 189 Å². The number of carbonyl (C=O) groups excluding carboxylic acids is 1. The molecule has 2 amide bonds. The molecular formula is C23H24F3N5O2. The number of anilines is 1. The predicted molar refractivity (Wildman–Crippen MR) is 119 cm³/mol. The van der Waals surface area contributed by atoms with Gasteiger partial charge in [-0.3, -0.25) is 4.90 Å². The van der Waals surface area contributed by atoms with Gasteiger partial charge in [0.1, 0.15) is 11.9 Å². The van der Waals surface area contributed by atoms with Gasteiger partial charge in [0.2, 0.25) is 0 Å². The molecule has 33 heavy (non-hydrogen) atoms. The minimum absolute atomic E-state index is 0.248. The van der Waals surface area contributed by atoms with E-state index in [9.17, 15) is 18.0 Å². The van der Waals surface area contributed by atoms with Crippen LogP contribution < -0.4 is 31.3 Å². The summed E-state index contributed by atoms with van der Waals surface area (Å²) in [6.07, 6.45) is -1.08. The fourth-order valence-electron chi connectivity index (χ4n) is 3.65. The Bertz CT molecular complexity index is 1070. The van der Waals surface area contributed by atoms with Crippen LogP contribution in [0.15, 0.2) is 66.4 Å². The molecular weight excluding hydrogens is 435 g/mol. The van der Waals surface area contributed by atoms with E-state index in [-0.39, 0.29) is 17.3 Å². The zero-order valence-electron chi connectivity index (χ0n) is 17.7. The van der Waals surface area contributed by atoms with Gasteiger partial charge < -0.3 is 26.4 Å². The topological polar surface area (TPSA) is 91.7 Å². The van der Waals surface area contributed by atoms with E-state index in [1.54, 1.807) is 18.3 Å². The first-order valence-corrected chi connectivity index (χ1v) is 10.5. The minimum Gasteiger partial charge on any atom is -0.405 e. The molecule has 10 heteroatoms. The Morgan fingerprint density at radius 3 is 2.58 bits per heavy atom. The van der Waals surface area contributed by atoms with Crippen LogP contribution in [0, 0.1) is 0 Å². The maximum Gasteiger partial charge on any atom is 0.573 e. The lowest BCUT2D eigenvalue weighted by Gasteiger charge is -2.29. The van der Waals surface area contributed by atoms with Gasteiger partial charge in [-0.05, 0) is 55.4 Å². The van der Waals surface area contributed by atoms with Gasteiger partial charge in [-0.2, -0.15) is 0 Å². The highest BCUT2D eigenvalue weighted by Gasteiger charge is 2.35. The number of nitrogens with two attached hydrogens (primary N) is 1. The quantitative estimate of drug-likeness (QED) is 0.454. The van der Waals surface area contributed by atoms with Gasteiger partial charge in [0.25, 0.3) is 0 Å². The van der Waals surface area contributed by atoms with E-state index in [1.807, 2.05) is 24.3 Å². The van der Waals surface area contributed by atoms with E-state index < -0.39 is 12.5 Å². The Balaban J connectivity index is 1.52. The van der Waals surface area contributed by atoms with E-state index in [1.165, 1.54) is 23.1 Å². The number of urea groups is 1. The largest absolute Gasteiger partial charge is 0.573 e. The van der Waals surface area contributed by atoms with Crippen LogP contribution in [0.4, 0.5) is 23.7 Å². The van der Waals surface area contributed by atoms with Crippen molar-refractivity contribution in [1.82, 2.24) is 16.0 Å². The molecule has 0 aromatic heterocycles. The number of benzene rings is 2. The van der Waals surface area contributed by atoms with E-state index >= 15 is 0 Å². The smallest absolute Gasteiger partial charge is 0.405 e. The summed E-state index contributed by atoms with van der Waals surface area (Å²) in [5.41, 5.74) is 8.61. The van der Waals surface area contributed by atoms with Crippen LogP contribution in [0.2, 0.25) is 0 Å². The fraction of sp³-hybridized carbons (Fsp3) is 0.261. The molecule has 174 valence electrons. The van der Waals surface area contributed by atoms with Crippen LogP contribution in [0.3, 0.4) is 0 Å². The molecule has 2 aromatic carbocycles. The maximum atomic E-state index is 12.8. The average molecular weight is 459 g/mol. The Morgan fingerprint density at radius 1 is 1.09 bits per heavy atom. The van der Waals surface area contributed by atoms with Gasteiger partial charge in [0.15, 0.2) is 0 Å². The van der Waals surface area contributed by atoms with Crippen molar-refractivity contribution in [3.63, 3.8) is 0 Å². The number of amides is 2. The lowest BCUT2D eigenvalue weighted by Crippen LogP contribution is -2.51. The molecule has 0 saturated carbocycles. The second-order valence-electron chi connectivity index (χ2n) is 7.61. The summed E-state index contributed by atoms with van der Waals surface area (Å²) in [6, 6.07) is 13.1. The van der Waals surface area contributed by atoms with Gasteiger partial charge in [-0.25, -0.2) is 4.79 Å². The zero-order chi connectivity index (χ0) is 23.4. The van der Waals surface area contributed by atoms with Crippen molar-refractivity contribution in [1.29, 1.82) is 0 Å². The van der Waals surface area contributed by atoms with Crippen LogP contribution in [0.5, 0.6) is 5.75 Å². The van der Waals surface area contributed by atoms with Crippen molar-refractivity contribution in [2.75, 3.05) is 18.0 Å². The molecule has 1 atom stereocenters. The zero-order valence-corrected chi connectivity index (χ0v) is 17.7. The molecule has 0 saturated heterocycles. The number of carbonyl (C=O) groups is 1. The average Bonchev–Trinajstić information content (AvgIpc) is 3.18. The molecule has 1 unspecified atom stereocenters. The molecule has 7 nitrogen and oxygen atoms in total. The SMILES string of the molecule is NCCCNCc1ccc(N2C=C3C=C(c4ccccc4OC(F)(F)F)NC3NC2=O)cc1. The number of nitrogens with one attached hydrogen (secondary N) is 3. The predicted octanol–water partition coefficient (Wildman–Crippen LogP) is 3.41. The minimum atomic E-state index is -4.81. The lowest BCUT2D eigenvalue weighted by atomic mass is 10.1. The van der Waals surface area contributed by atoms with Gasteiger partial charge in [-0.15, -0.1) is 13.2 Å². The van der Waals surface area contributed by atoms with Gasteiger partial charge in [0.05, 0.1) is 5.69 Å². The van der Waals surface area contributed by atoms with E-state index in [0.717, 1.165) is 18.5 Å².